The Hall–Kier alpha value is -1.89. The second-order valence-corrected chi connectivity index (χ2v) is 5.35. The molecule has 0 aliphatic carbocycles. The first kappa shape index (κ1) is 14.1. The van der Waals surface area contributed by atoms with Crippen LogP contribution in [0.25, 0.3) is 0 Å². The zero-order valence-electron chi connectivity index (χ0n) is 11.3. The Morgan fingerprint density at radius 3 is 3.00 bits per heavy atom. The van der Waals surface area contributed by atoms with Gasteiger partial charge in [-0.15, -0.1) is 0 Å². The largest absolute Gasteiger partial charge is 0.490 e. The van der Waals surface area contributed by atoms with E-state index in [1.54, 1.807) is 0 Å². The molecule has 2 heterocycles. The minimum absolute atomic E-state index is 0.0673. The van der Waals surface area contributed by atoms with E-state index in [1.807, 2.05) is 0 Å². The van der Waals surface area contributed by atoms with Crippen molar-refractivity contribution < 1.29 is 23.4 Å². The molecule has 2 aliphatic heterocycles. The fraction of sp³-hybridized carbons (Fsp3) is 0.500. The molecular formula is C14H16F2N2O3. The molecule has 1 saturated heterocycles. The van der Waals surface area contributed by atoms with Crippen LogP contribution in [-0.2, 0) is 0 Å². The summed E-state index contributed by atoms with van der Waals surface area (Å²) in [6.07, 6.45) is 0.876. The number of carbonyl (C=O) groups is 1. The van der Waals surface area contributed by atoms with Crippen molar-refractivity contribution in [2.45, 2.75) is 25.0 Å². The molecule has 2 N–H and O–H groups in total. The van der Waals surface area contributed by atoms with E-state index in [4.69, 9.17) is 4.74 Å². The van der Waals surface area contributed by atoms with Crippen LogP contribution >= 0.6 is 0 Å². The van der Waals surface area contributed by atoms with E-state index in [-0.39, 0.29) is 30.5 Å². The minimum Gasteiger partial charge on any atom is -0.490 e. The van der Waals surface area contributed by atoms with Crippen molar-refractivity contribution in [2.75, 3.05) is 19.7 Å². The summed E-state index contributed by atoms with van der Waals surface area (Å²) in [5.74, 6) is -1.32. The maximum atomic E-state index is 13.8. The van der Waals surface area contributed by atoms with Crippen molar-refractivity contribution in [1.82, 2.24) is 10.2 Å². The lowest BCUT2D eigenvalue weighted by Gasteiger charge is -2.31. The number of piperidine rings is 1. The Balaban J connectivity index is 1.72. The number of urea groups is 1. The normalized spacial score (nSPS) is 24.4. The standard InChI is InChI=1S/C14H16F2N2O3/c15-8-4-10(16)13-11(7-21-12(13)5-8)17-14(20)18-3-1-2-9(19)6-18/h4-5,9,11,19H,1-3,6-7H2,(H,17,20)/t9-,11+/m1/s1. The summed E-state index contributed by atoms with van der Waals surface area (Å²) in [7, 11) is 0. The second kappa shape index (κ2) is 5.48. The fourth-order valence-corrected chi connectivity index (χ4v) is 2.77. The third-order valence-corrected chi connectivity index (χ3v) is 3.79. The SMILES string of the molecule is O=C(N[C@H]1COc2cc(F)cc(F)c21)N1CCC[C@@H](O)C1. The Morgan fingerprint density at radius 1 is 1.43 bits per heavy atom. The molecular weight excluding hydrogens is 282 g/mol. The molecule has 1 aromatic rings. The van der Waals surface area contributed by atoms with E-state index in [1.165, 1.54) is 4.90 Å². The lowest BCUT2D eigenvalue weighted by molar-refractivity contribution is 0.0829. The molecule has 0 unspecified atom stereocenters. The number of halogens is 2. The van der Waals surface area contributed by atoms with Gasteiger partial charge in [-0.1, -0.05) is 0 Å². The highest BCUT2D eigenvalue weighted by Gasteiger charge is 2.32. The zero-order valence-corrected chi connectivity index (χ0v) is 11.3. The van der Waals surface area contributed by atoms with Crippen LogP contribution in [0, 0.1) is 11.6 Å². The Labute approximate surface area is 120 Å². The van der Waals surface area contributed by atoms with Crippen molar-refractivity contribution in [3.05, 3.63) is 29.3 Å². The summed E-state index contributed by atoms with van der Waals surface area (Å²) in [5, 5.41) is 12.2. The summed E-state index contributed by atoms with van der Waals surface area (Å²) in [5.41, 5.74) is 0.169. The van der Waals surface area contributed by atoms with E-state index in [2.05, 4.69) is 5.32 Å². The highest BCUT2D eigenvalue weighted by atomic mass is 19.1. The number of benzene rings is 1. The van der Waals surface area contributed by atoms with Gasteiger partial charge < -0.3 is 20.1 Å². The Morgan fingerprint density at radius 2 is 2.24 bits per heavy atom. The number of hydrogen-bond donors (Lipinski definition) is 2. The average Bonchev–Trinajstić information content (AvgIpc) is 2.81. The first-order valence-corrected chi connectivity index (χ1v) is 6.90. The van der Waals surface area contributed by atoms with Gasteiger partial charge in [0.25, 0.3) is 0 Å². The predicted molar refractivity (Wildman–Crippen MR) is 69.9 cm³/mol. The van der Waals surface area contributed by atoms with Gasteiger partial charge in [-0.25, -0.2) is 13.6 Å². The maximum absolute atomic E-state index is 13.8. The summed E-state index contributed by atoms with van der Waals surface area (Å²) in [6.45, 7) is 0.880. The van der Waals surface area contributed by atoms with Gasteiger partial charge in [0.2, 0.25) is 0 Å². The highest BCUT2D eigenvalue weighted by molar-refractivity contribution is 5.75. The molecule has 7 heteroatoms. The number of nitrogens with zero attached hydrogens (tertiary/aromatic N) is 1. The number of amides is 2. The fourth-order valence-electron chi connectivity index (χ4n) is 2.77. The molecule has 2 aliphatic rings. The smallest absolute Gasteiger partial charge is 0.318 e. The maximum Gasteiger partial charge on any atom is 0.318 e. The van der Waals surface area contributed by atoms with Gasteiger partial charge in [0, 0.05) is 25.2 Å². The van der Waals surface area contributed by atoms with E-state index in [0.29, 0.717) is 13.0 Å². The molecule has 2 atom stereocenters. The number of aliphatic hydroxyl groups is 1. The van der Waals surface area contributed by atoms with Crippen LogP contribution < -0.4 is 10.1 Å². The molecule has 0 bridgehead atoms. The molecule has 5 nitrogen and oxygen atoms in total. The van der Waals surface area contributed by atoms with Crippen molar-refractivity contribution >= 4 is 6.03 Å². The third-order valence-electron chi connectivity index (χ3n) is 3.79. The average molecular weight is 298 g/mol. The van der Waals surface area contributed by atoms with Crippen LogP contribution in [0.15, 0.2) is 12.1 Å². The second-order valence-electron chi connectivity index (χ2n) is 5.35. The number of nitrogens with one attached hydrogen (secondary N) is 1. The molecule has 0 spiro atoms. The van der Waals surface area contributed by atoms with Crippen molar-refractivity contribution in [2.24, 2.45) is 0 Å². The number of rotatable bonds is 1. The van der Waals surface area contributed by atoms with Crippen molar-refractivity contribution in [3.63, 3.8) is 0 Å². The highest BCUT2D eigenvalue weighted by Crippen LogP contribution is 2.35. The lowest BCUT2D eigenvalue weighted by atomic mass is 10.1. The summed E-state index contributed by atoms with van der Waals surface area (Å²) >= 11 is 0. The van der Waals surface area contributed by atoms with Crippen molar-refractivity contribution in [1.29, 1.82) is 0 Å². The van der Waals surface area contributed by atoms with E-state index in [0.717, 1.165) is 18.6 Å². The Kier molecular flexibility index (Phi) is 3.67. The van der Waals surface area contributed by atoms with E-state index < -0.39 is 23.8 Å². The van der Waals surface area contributed by atoms with Crippen LogP contribution in [0.5, 0.6) is 5.75 Å². The minimum atomic E-state index is -0.730. The van der Waals surface area contributed by atoms with Gasteiger partial charge in [0.05, 0.1) is 17.7 Å². The number of aliphatic hydroxyl groups excluding tert-OH is 1. The molecule has 1 aromatic carbocycles. The van der Waals surface area contributed by atoms with E-state index in [9.17, 15) is 18.7 Å². The third kappa shape index (κ3) is 2.78. The van der Waals surface area contributed by atoms with Crippen LogP contribution in [0.1, 0.15) is 24.4 Å². The monoisotopic (exact) mass is 298 g/mol. The first-order chi connectivity index (χ1) is 10.0. The van der Waals surface area contributed by atoms with Gasteiger partial charge in [0.15, 0.2) is 0 Å². The lowest BCUT2D eigenvalue weighted by Crippen LogP contribution is -2.48. The summed E-state index contributed by atoms with van der Waals surface area (Å²) < 4.78 is 32.2. The van der Waals surface area contributed by atoms with Crippen LogP contribution in [-0.4, -0.2) is 41.8 Å². The number of carbonyl (C=O) groups excluding carboxylic acids is 1. The molecule has 0 aromatic heterocycles. The van der Waals surface area contributed by atoms with Gasteiger partial charge in [-0.05, 0) is 12.8 Å². The predicted octanol–water partition coefficient (Wildman–Crippen LogP) is 1.56. The molecule has 21 heavy (non-hydrogen) atoms. The molecule has 0 radical (unpaired) electrons. The number of hydrogen-bond acceptors (Lipinski definition) is 3. The van der Waals surface area contributed by atoms with Crippen LogP contribution in [0.4, 0.5) is 13.6 Å². The number of β-amino-alcohol motifs (C(OH)–C–C–N with tert-alkyl or cyclic N) is 1. The molecule has 2 amide bonds. The van der Waals surface area contributed by atoms with Crippen molar-refractivity contribution in [3.8, 4) is 5.75 Å². The van der Waals surface area contributed by atoms with Crippen LogP contribution in [0.2, 0.25) is 0 Å². The molecule has 3 rings (SSSR count). The van der Waals surface area contributed by atoms with Gasteiger partial charge in [0.1, 0.15) is 24.0 Å². The van der Waals surface area contributed by atoms with Gasteiger partial charge >= 0.3 is 6.03 Å². The van der Waals surface area contributed by atoms with Gasteiger partial charge in [-0.2, -0.15) is 0 Å². The molecule has 114 valence electrons. The molecule has 0 saturated carbocycles. The summed E-state index contributed by atoms with van der Waals surface area (Å²) in [4.78, 5) is 13.6. The first-order valence-electron chi connectivity index (χ1n) is 6.90. The molecule has 1 fully saturated rings. The number of likely N-dealkylation sites (tertiary alicyclic amines) is 1. The number of ether oxygens (including phenoxy) is 1. The van der Waals surface area contributed by atoms with Crippen LogP contribution in [0.3, 0.4) is 0 Å². The zero-order chi connectivity index (χ0) is 15.0. The Bertz CT molecular complexity index is 567. The number of fused-ring (bicyclic) bond motifs is 1. The van der Waals surface area contributed by atoms with Gasteiger partial charge in [-0.3, -0.25) is 0 Å². The quantitative estimate of drug-likeness (QED) is 0.827. The van der Waals surface area contributed by atoms with E-state index >= 15 is 0 Å². The summed E-state index contributed by atoms with van der Waals surface area (Å²) in [6, 6.07) is 0.859. The topological polar surface area (TPSA) is 61.8 Å².